The minimum absolute atomic E-state index is 0.0952. The van der Waals surface area contributed by atoms with E-state index < -0.39 is 5.41 Å². The average molecular weight is 553 g/mol. The molecule has 2 atom stereocenters. The van der Waals surface area contributed by atoms with Crippen LogP contribution in [0.3, 0.4) is 0 Å². The number of likely N-dealkylation sites (tertiary alicyclic amines) is 1. The molecule has 2 N–H and O–H groups in total. The Bertz CT molecular complexity index is 1140. The van der Waals surface area contributed by atoms with Crippen LogP contribution >= 0.6 is 0 Å². The lowest BCUT2D eigenvalue weighted by Gasteiger charge is -2.39. The third-order valence-corrected chi connectivity index (χ3v) is 8.82. The summed E-state index contributed by atoms with van der Waals surface area (Å²) >= 11 is 0. The number of methoxy groups -OCH3 is 1. The summed E-state index contributed by atoms with van der Waals surface area (Å²) in [6.07, 6.45) is 8.38. The molecular formula is C31H48N6O3. The molecule has 1 unspecified atom stereocenters. The molecule has 0 aromatic heterocycles. The zero-order valence-corrected chi connectivity index (χ0v) is 25.4. The molecule has 0 bridgehead atoms. The summed E-state index contributed by atoms with van der Waals surface area (Å²) in [4.78, 5) is 38.0. The molecule has 0 radical (unpaired) electrons. The summed E-state index contributed by atoms with van der Waals surface area (Å²) < 4.78 is 5.67. The summed E-state index contributed by atoms with van der Waals surface area (Å²) in [5, 5.41) is 6.56. The van der Waals surface area contributed by atoms with Crippen LogP contribution in [0, 0.1) is 5.41 Å². The second-order valence-corrected chi connectivity index (χ2v) is 12.0. The normalized spacial score (nSPS) is 26.0. The van der Waals surface area contributed by atoms with Crippen LogP contribution in [0.4, 0.5) is 5.69 Å². The van der Waals surface area contributed by atoms with Gasteiger partial charge in [-0.2, -0.15) is 0 Å². The Morgan fingerprint density at radius 1 is 1.23 bits per heavy atom. The van der Waals surface area contributed by atoms with E-state index >= 15 is 0 Å². The second kappa shape index (κ2) is 12.6. The second-order valence-electron chi connectivity index (χ2n) is 12.0. The SMILES string of the molecule is C/C=C1\C(=N/C(C)Nc2ccc(C(=O)NC3CN(C)C3)cc2OC)N(C2CCCCC2)C[C@](C)(CC)C(=O)N1C. The predicted octanol–water partition coefficient (Wildman–Crippen LogP) is 4.32. The van der Waals surface area contributed by atoms with Crippen molar-refractivity contribution in [2.24, 2.45) is 10.4 Å². The summed E-state index contributed by atoms with van der Waals surface area (Å²) in [6.45, 7) is 10.6. The summed E-state index contributed by atoms with van der Waals surface area (Å²) in [5.74, 6) is 1.50. The molecule has 1 aromatic rings. The molecule has 9 heteroatoms. The molecule has 0 spiro atoms. The maximum Gasteiger partial charge on any atom is 0.251 e. The van der Waals surface area contributed by atoms with Crippen molar-refractivity contribution >= 4 is 23.3 Å². The van der Waals surface area contributed by atoms with Gasteiger partial charge >= 0.3 is 0 Å². The van der Waals surface area contributed by atoms with Gasteiger partial charge in [-0.05, 0) is 65.3 Å². The highest BCUT2D eigenvalue weighted by Gasteiger charge is 2.44. The van der Waals surface area contributed by atoms with Crippen molar-refractivity contribution in [1.82, 2.24) is 20.0 Å². The van der Waals surface area contributed by atoms with Gasteiger partial charge in [-0.25, -0.2) is 4.99 Å². The first-order chi connectivity index (χ1) is 19.1. The number of likely N-dealkylation sites (N-methyl/N-ethyl adjacent to an activating group) is 2. The van der Waals surface area contributed by atoms with Crippen LogP contribution in [0.2, 0.25) is 0 Å². The van der Waals surface area contributed by atoms with Crippen LogP contribution in [0.1, 0.15) is 76.6 Å². The van der Waals surface area contributed by atoms with Crippen LogP contribution in [0.25, 0.3) is 0 Å². The van der Waals surface area contributed by atoms with Crippen molar-refractivity contribution in [3.05, 3.63) is 35.5 Å². The molecule has 4 rings (SSSR count). The quantitative estimate of drug-likeness (QED) is 0.499. The Hall–Kier alpha value is -3.07. The molecular weight excluding hydrogens is 504 g/mol. The highest BCUT2D eigenvalue weighted by atomic mass is 16.5. The molecule has 1 saturated carbocycles. The molecule has 1 aliphatic carbocycles. The molecule has 2 saturated heterocycles. The van der Waals surface area contributed by atoms with Crippen LogP contribution in [0.15, 0.2) is 35.0 Å². The molecule has 1 aromatic carbocycles. The summed E-state index contributed by atoms with van der Waals surface area (Å²) in [5.41, 5.74) is 1.70. The fourth-order valence-corrected chi connectivity index (χ4v) is 6.20. The predicted molar refractivity (Wildman–Crippen MR) is 161 cm³/mol. The molecule has 9 nitrogen and oxygen atoms in total. The number of allylic oxidation sites excluding steroid dienone is 1. The topological polar surface area (TPSA) is 89.5 Å². The van der Waals surface area contributed by atoms with Gasteiger partial charge in [0.2, 0.25) is 5.91 Å². The highest BCUT2D eigenvalue weighted by molar-refractivity contribution is 6.04. The zero-order chi connectivity index (χ0) is 29.0. The molecule has 220 valence electrons. The van der Waals surface area contributed by atoms with Crippen molar-refractivity contribution in [1.29, 1.82) is 0 Å². The molecule has 2 heterocycles. The van der Waals surface area contributed by atoms with E-state index in [0.29, 0.717) is 23.9 Å². The average Bonchev–Trinajstić information content (AvgIpc) is 3.01. The number of hydrogen-bond donors (Lipinski definition) is 2. The summed E-state index contributed by atoms with van der Waals surface area (Å²) in [7, 11) is 5.52. The number of hydrogen-bond acceptors (Lipinski definition) is 6. The van der Waals surface area contributed by atoms with E-state index in [4.69, 9.17) is 9.73 Å². The van der Waals surface area contributed by atoms with Gasteiger partial charge in [0.15, 0.2) is 0 Å². The van der Waals surface area contributed by atoms with E-state index in [1.165, 1.54) is 19.3 Å². The zero-order valence-electron chi connectivity index (χ0n) is 25.4. The van der Waals surface area contributed by atoms with E-state index in [1.807, 2.05) is 46.2 Å². The van der Waals surface area contributed by atoms with E-state index in [1.54, 1.807) is 18.1 Å². The monoisotopic (exact) mass is 552 g/mol. The van der Waals surface area contributed by atoms with Gasteiger partial charge in [0, 0.05) is 38.3 Å². The number of anilines is 1. The smallest absolute Gasteiger partial charge is 0.251 e. The van der Waals surface area contributed by atoms with Crippen molar-refractivity contribution in [3.63, 3.8) is 0 Å². The fraction of sp³-hybridized carbons (Fsp3) is 0.645. The van der Waals surface area contributed by atoms with E-state index in [9.17, 15) is 9.59 Å². The van der Waals surface area contributed by atoms with Gasteiger partial charge in [0.25, 0.3) is 5.91 Å². The molecule has 2 amide bonds. The number of carbonyl (C=O) groups is 2. The lowest BCUT2D eigenvalue weighted by molar-refractivity contribution is -0.138. The minimum atomic E-state index is -0.483. The number of nitrogens with zero attached hydrogens (tertiary/aromatic N) is 4. The van der Waals surface area contributed by atoms with Crippen molar-refractivity contribution < 1.29 is 14.3 Å². The third-order valence-electron chi connectivity index (χ3n) is 8.82. The van der Waals surface area contributed by atoms with Crippen LogP contribution in [0.5, 0.6) is 5.75 Å². The largest absolute Gasteiger partial charge is 0.495 e. The van der Waals surface area contributed by atoms with Gasteiger partial charge in [0.1, 0.15) is 17.8 Å². The minimum Gasteiger partial charge on any atom is -0.495 e. The number of amides is 2. The fourth-order valence-electron chi connectivity index (χ4n) is 6.20. The van der Waals surface area contributed by atoms with Crippen molar-refractivity contribution in [3.8, 4) is 5.75 Å². The van der Waals surface area contributed by atoms with Gasteiger partial charge in [-0.3, -0.25) is 9.59 Å². The number of aliphatic imine (C=N–C) groups is 1. The van der Waals surface area contributed by atoms with Gasteiger partial charge in [0.05, 0.1) is 30.0 Å². The summed E-state index contributed by atoms with van der Waals surface area (Å²) in [6, 6.07) is 6.02. The van der Waals surface area contributed by atoms with Crippen LogP contribution < -0.4 is 15.4 Å². The number of ether oxygens (including phenoxy) is 1. The van der Waals surface area contributed by atoms with Crippen molar-refractivity contribution in [2.75, 3.05) is 46.2 Å². The van der Waals surface area contributed by atoms with Gasteiger partial charge in [-0.15, -0.1) is 0 Å². The molecule has 3 aliphatic rings. The maximum atomic E-state index is 13.6. The maximum absolute atomic E-state index is 13.6. The molecule has 2 aliphatic heterocycles. The Kier molecular flexibility index (Phi) is 9.44. The van der Waals surface area contributed by atoms with E-state index in [0.717, 1.165) is 49.6 Å². The van der Waals surface area contributed by atoms with Crippen LogP contribution in [-0.2, 0) is 4.79 Å². The van der Waals surface area contributed by atoms with Gasteiger partial charge < -0.3 is 30.1 Å². The number of benzene rings is 1. The Morgan fingerprint density at radius 3 is 2.52 bits per heavy atom. The number of carbonyl (C=O) groups excluding carboxylic acids is 2. The number of nitrogens with one attached hydrogen (secondary N) is 2. The third kappa shape index (κ3) is 6.29. The Balaban J connectivity index is 1.61. The first-order valence-corrected chi connectivity index (χ1v) is 14.8. The first-order valence-electron chi connectivity index (χ1n) is 14.8. The van der Waals surface area contributed by atoms with E-state index in [2.05, 4.69) is 34.3 Å². The Morgan fingerprint density at radius 2 is 1.93 bits per heavy atom. The lowest BCUT2D eigenvalue weighted by Crippen LogP contribution is -2.57. The standard InChI is InChI=1S/C31H48N6O3/c1-8-26-28(37(24-13-11-10-12-14-24)20-31(4,9-2)30(39)36(26)6)33-21(3)32-25-16-15-22(17-27(25)40-7)29(38)34-23-18-35(5)19-23/h8,15-17,21,23-24,32H,9-14,18-20H2,1-7H3,(H,34,38)/b26-8+,33-28+/t21?,31-/m0/s1. The van der Waals surface area contributed by atoms with E-state index in [-0.39, 0.29) is 24.0 Å². The molecule has 3 fully saturated rings. The van der Waals surface area contributed by atoms with Gasteiger partial charge in [-0.1, -0.05) is 32.3 Å². The Labute approximate surface area is 240 Å². The number of rotatable bonds is 8. The first kappa shape index (κ1) is 29.9. The van der Waals surface area contributed by atoms with Crippen LogP contribution in [-0.4, -0.2) is 91.4 Å². The number of amidine groups is 1. The molecule has 40 heavy (non-hydrogen) atoms. The highest BCUT2D eigenvalue weighted by Crippen LogP contribution is 2.36. The van der Waals surface area contributed by atoms with Crippen molar-refractivity contribution in [2.45, 2.75) is 84.5 Å². The lowest BCUT2D eigenvalue weighted by atomic mass is 9.84.